The van der Waals surface area contributed by atoms with Gasteiger partial charge in [0.05, 0.1) is 25.5 Å². The Kier molecular flexibility index (Phi) is 4.92. The number of carbonyl (C=O) groups is 1. The molecule has 160 valence electrons. The molecule has 33 heavy (non-hydrogen) atoms. The van der Waals surface area contributed by atoms with Gasteiger partial charge in [-0.1, -0.05) is 54.6 Å². The molecule has 2 aliphatic heterocycles. The number of methoxy groups -OCH3 is 1. The van der Waals surface area contributed by atoms with E-state index >= 15 is 0 Å². The molecular formula is C27H20N4O2. The predicted octanol–water partition coefficient (Wildman–Crippen LogP) is 4.47. The molecule has 6 nitrogen and oxygen atoms in total. The Balaban J connectivity index is 1.74. The minimum Gasteiger partial charge on any atom is -0.497 e. The number of Topliss-reactive ketones (excluding diaryl/α,β-unsaturated/α-hetero) is 1. The maximum Gasteiger partial charge on any atom is 0.187 e. The minimum atomic E-state index is -1.51. The molecule has 1 fully saturated rings. The standard InChI is InChI=1S/C27H20N4O2/c1-33-21-13-11-19(12-14-21)25(32)24-23(18-7-3-2-4-8-18)27(16-28,17-29)26-22-10-6-5-9-20(22)15-30-31(24)26/h2-15,23-24,26H,1H3/t23-,24+,26?/m0/s1. The van der Waals surface area contributed by atoms with Crippen molar-refractivity contribution >= 4 is 12.0 Å². The largest absolute Gasteiger partial charge is 0.497 e. The lowest BCUT2D eigenvalue weighted by Gasteiger charge is -2.33. The lowest BCUT2D eigenvalue weighted by molar-refractivity contribution is 0.0821. The van der Waals surface area contributed by atoms with Gasteiger partial charge in [0.15, 0.2) is 11.2 Å². The zero-order chi connectivity index (χ0) is 23.0. The van der Waals surface area contributed by atoms with Gasteiger partial charge in [0.2, 0.25) is 0 Å². The molecule has 3 atom stereocenters. The average molecular weight is 432 g/mol. The molecule has 0 amide bonds. The lowest BCUT2D eigenvalue weighted by Crippen LogP contribution is -2.38. The van der Waals surface area contributed by atoms with Gasteiger partial charge in [-0.3, -0.25) is 9.80 Å². The number of hydrogen-bond acceptors (Lipinski definition) is 6. The van der Waals surface area contributed by atoms with E-state index in [9.17, 15) is 15.3 Å². The van der Waals surface area contributed by atoms with E-state index in [0.29, 0.717) is 11.3 Å². The van der Waals surface area contributed by atoms with Crippen LogP contribution < -0.4 is 4.74 Å². The number of carbonyl (C=O) groups excluding carboxylic acids is 1. The summed E-state index contributed by atoms with van der Waals surface area (Å²) in [6, 6.07) is 26.9. The number of nitrogens with zero attached hydrogens (tertiary/aromatic N) is 4. The van der Waals surface area contributed by atoms with Crippen molar-refractivity contribution in [1.82, 2.24) is 5.01 Å². The Bertz CT molecular complexity index is 1300. The number of ether oxygens (including phenoxy) is 1. The van der Waals surface area contributed by atoms with E-state index in [1.54, 1.807) is 42.6 Å². The Morgan fingerprint density at radius 2 is 1.64 bits per heavy atom. The minimum absolute atomic E-state index is 0.194. The molecule has 0 aromatic heterocycles. The quantitative estimate of drug-likeness (QED) is 0.568. The second-order valence-corrected chi connectivity index (χ2v) is 8.17. The van der Waals surface area contributed by atoms with E-state index in [0.717, 1.165) is 16.7 Å². The first kappa shape index (κ1) is 20.5. The fourth-order valence-electron chi connectivity index (χ4n) is 5.06. The van der Waals surface area contributed by atoms with Gasteiger partial charge >= 0.3 is 0 Å². The Morgan fingerprint density at radius 3 is 2.30 bits per heavy atom. The topological polar surface area (TPSA) is 89.5 Å². The molecule has 0 bridgehead atoms. The van der Waals surface area contributed by atoms with Crippen molar-refractivity contribution in [3.63, 3.8) is 0 Å². The van der Waals surface area contributed by atoms with E-state index in [-0.39, 0.29) is 5.78 Å². The van der Waals surface area contributed by atoms with Crippen molar-refractivity contribution < 1.29 is 9.53 Å². The summed E-state index contributed by atoms with van der Waals surface area (Å²) >= 11 is 0. The third-order valence-corrected chi connectivity index (χ3v) is 6.58. The fraction of sp³-hybridized carbons (Fsp3) is 0.185. The number of hydrogen-bond donors (Lipinski definition) is 0. The SMILES string of the molecule is COc1ccc(C(=O)[C@H]2[C@H](c3ccccc3)C(C#N)(C#N)C3c4ccccc4C=NN32)cc1. The first-order valence-electron chi connectivity index (χ1n) is 10.6. The summed E-state index contributed by atoms with van der Waals surface area (Å²) in [4.78, 5) is 13.9. The van der Waals surface area contributed by atoms with Gasteiger partial charge in [-0.25, -0.2) is 0 Å². The number of hydrazone groups is 1. The average Bonchev–Trinajstić information content (AvgIpc) is 3.20. The number of rotatable bonds is 4. The predicted molar refractivity (Wildman–Crippen MR) is 123 cm³/mol. The van der Waals surface area contributed by atoms with E-state index in [4.69, 9.17) is 4.74 Å². The Labute approximate surface area is 192 Å². The molecule has 6 heteroatoms. The summed E-state index contributed by atoms with van der Waals surface area (Å²) in [5, 5.41) is 27.2. The second kappa shape index (κ2) is 7.93. The summed E-state index contributed by atoms with van der Waals surface area (Å²) in [6.07, 6.45) is 1.70. The van der Waals surface area contributed by atoms with Crippen molar-refractivity contribution in [2.75, 3.05) is 7.11 Å². The molecule has 1 unspecified atom stereocenters. The van der Waals surface area contributed by atoms with Crippen molar-refractivity contribution in [2.24, 2.45) is 10.5 Å². The van der Waals surface area contributed by atoms with Crippen molar-refractivity contribution in [3.05, 3.63) is 101 Å². The molecule has 0 saturated carbocycles. The normalized spacial score (nSPS) is 21.9. The first-order chi connectivity index (χ1) is 16.1. The van der Waals surface area contributed by atoms with Gasteiger partial charge < -0.3 is 4.74 Å². The van der Waals surface area contributed by atoms with Crippen LogP contribution in [-0.2, 0) is 0 Å². The van der Waals surface area contributed by atoms with Crippen LogP contribution in [-0.4, -0.2) is 30.2 Å². The van der Waals surface area contributed by atoms with Gasteiger partial charge in [-0.2, -0.15) is 15.6 Å². The highest BCUT2D eigenvalue weighted by atomic mass is 16.5. The molecule has 2 heterocycles. The van der Waals surface area contributed by atoms with Crippen molar-refractivity contribution in [2.45, 2.75) is 18.0 Å². The highest BCUT2D eigenvalue weighted by Crippen LogP contribution is 2.59. The molecule has 3 aromatic rings. The Morgan fingerprint density at radius 1 is 0.970 bits per heavy atom. The molecule has 0 radical (unpaired) electrons. The van der Waals surface area contributed by atoms with Crippen LogP contribution in [0.2, 0.25) is 0 Å². The molecule has 2 aliphatic rings. The maximum atomic E-state index is 13.9. The smallest absolute Gasteiger partial charge is 0.187 e. The van der Waals surface area contributed by atoms with E-state index in [2.05, 4.69) is 17.2 Å². The highest BCUT2D eigenvalue weighted by Gasteiger charge is 2.64. The van der Waals surface area contributed by atoms with Crippen LogP contribution >= 0.6 is 0 Å². The molecule has 1 saturated heterocycles. The summed E-state index contributed by atoms with van der Waals surface area (Å²) in [7, 11) is 1.57. The molecule has 0 spiro atoms. The van der Waals surface area contributed by atoms with Gasteiger partial charge in [0.1, 0.15) is 17.8 Å². The molecule has 3 aromatic carbocycles. The van der Waals surface area contributed by atoms with Crippen LogP contribution in [0.5, 0.6) is 5.75 Å². The van der Waals surface area contributed by atoms with Gasteiger partial charge in [-0.05, 0) is 41.0 Å². The Hall–Kier alpha value is -4.42. The van der Waals surface area contributed by atoms with E-state index in [1.807, 2.05) is 54.6 Å². The zero-order valence-electron chi connectivity index (χ0n) is 17.9. The van der Waals surface area contributed by atoms with Gasteiger partial charge in [0, 0.05) is 11.5 Å². The van der Waals surface area contributed by atoms with Crippen LogP contribution in [0.3, 0.4) is 0 Å². The highest BCUT2D eigenvalue weighted by molar-refractivity contribution is 6.02. The molecule has 5 rings (SSSR count). The summed E-state index contributed by atoms with van der Waals surface area (Å²) in [5.74, 6) is -0.249. The number of ketones is 1. The lowest BCUT2D eigenvalue weighted by atomic mass is 9.67. The number of nitriles is 2. The van der Waals surface area contributed by atoms with Crippen LogP contribution in [0.4, 0.5) is 0 Å². The van der Waals surface area contributed by atoms with Crippen LogP contribution in [0, 0.1) is 28.1 Å². The summed E-state index contributed by atoms with van der Waals surface area (Å²) in [5.41, 5.74) is 1.39. The molecular weight excluding hydrogens is 412 g/mol. The summed E-state index contributed by atoms with van der Waals surface area (Å²) < 4.78 is 5.23. The van der Waals surface area contributed by atoms with Crippen LogP contribution in [0.1, 0.15) is 39.0 Å². The number of benzene rings is 3. The second-order valence-electron chi connectivity index (χ2n) is 8.17. The third-order valence-electron chi connectivity index (χ3n) is 6.58. The number of fused-ring (bicyclic) bond motifs is 3. The van der Waals surface area contributed by atoms with Gasteiger partial charge in [-0.15, -0.1) is 0 Å². The van der Waals surface area contributed by atoms with Crippen molar-refractivity contribution in [3.8, 4) is 17.9 Å². The third kappa shape index (κ3) is 3.00. The maximum absolute atomic E-state index is 13.9. The molecule has 0 aliphatic carbocycles. The monoisotopic (exact) mass is 432 g/mol. The van der Waals surface area contributed by atoms with E-state index < -0.39 is 23.4 Å². The van der Waals surface area contributed by atoms with Crippen LogP contribution in [0.15, 0.2) is 84.0 Å². The van der Waals surface area contributed by atoms with Crippen molar-refractivity contribution in [1.29, 1.82) is 10.5 Å². The molecule has 0 N–H and O–H groups in total. The first-order valence-corrected chi connectivity index (χ1v) is 10.6. The van der Waals surface area contributed by atoms with E-state index in [1.165, 1.54) is 0 Å². The van der Waals surface area contributed by atoms with Crippen LogP contribution in [0.25, 0.3) is 0 Å². The summed E-state index contributed by atoms with van der Waals surface area (Å²) in [6.45, 7) is 0. The fourth-order valence-corrected chi connectivity index (χ4v) is 5.06. The van der Waals surface area contributed by atoms with Gasteiger partial charge in [0.25, 0.3) is 0 Å². The zero-order valence-corrected chi connectivity index (χ0v) is 17.9.